The lowest BCUT2D eigenvalue weighted by Gasteiger charge is -2.11. The van der Waals surface area contributed by atoms with Gasteiger partial charge in [0, 0.05) is 0 Å². The van der Waals surface area contributed by atoms with Crippen LogP contribution in [0.5, 0.6) is 0 Å². The molecule has 1 aromatic rings. The Morgan fingerprint density at radius 2 is 2.22 bits per heavy atom. The van der Waals surface area contributed by atoms with E-state index in [-0.39, 0.29) is 11.8 Å². The molecular formula is C12H11N3O2S. The summed E-state index contributed by atoms with van der Waals surface area (Å²) in [6.45, 7) is 2.23. The van der Waals surface area contributed by atoms with Crippen LogP contribution in [0.2, 0.25) is 0 Å². The van der Waals surface area contributed by atoms with E-state index in [4.69, 9.17) is 10.00 Å². The Balaban J connectivity index is 2.29. The van der Waals surface area contributed by atoms with Gasteiger partial charge in [-0.1, -0.05) is 18.2 Å². The van der Waals surface area contributed by atoms with Gasteiger partial charge in [-0.15, -0.1) is 5.10 Å². The summed E-state index contributed by atoms with van der Waals surface area (Å²) in [6, 6.07) is 9.07. The summed E-state index contributed by atoms with van der Waals surface area (Å²) in [5, 5.41) is 15.4. The lowest BCUT2D eigenvalue weighted by molar-refractivity contribution is -0.116. The molecule has 0 bridgehead atoms. The van der Waals surface area contributed by atoms with Crippen LogP contribution in [-0.2, 0) is 9.53 Å². The molecule has 92 valence electrons. The fraction of sp³-hybridized carbons (Fsp3) is 0.250. The standard InChI is InChI=1S/C12H11N3O2S/c1-2-17-11-10(18-8-13)12(16)15(14-11)9-6-4-3-5-7-9/h3-7,10H,2H2,1H3. The van der Waals surface area contributed by atoms with Gasteiger partial charge in [0.1, 0.15) is 5.40 Å². The number of hydrogen-bond donors (Lipinski definition) is 0. The van der Waals surface area contributed by atoms with Gasteiger partial charge in [-0.2, -0.15) is 10.3 Å². The number of thiocyanates is 1. The summed E-state index contributed by atoms with van der Waals surface area (Å²) in [6.07, 6.45) is 0. The van der Waals surface area contributed by atoms with Crippen molar-refractivity contribution in [2.45, 2.75) is 12.2 Å². The third-order valence-electron chi connectivity index (χ3n) is 2.32. The van der Waals surface area contributed by atoms with Crippen molar-refractivity contribution in [2.24, 2.45) is 5.10 Å². The van der Waals surface area contributed by atoms with E-state index >= 15 is 0 Å². The molecule has 0 aliphatic carbocycles. The summed E-state index contributed by atoms with van der Waals surface area (Å²) >= 11 is 0.852. The number of hydrogen-bond acceptors (Lipinski definition) is 5. The van der Waals surface area contributed by atoms with Crippen LogP contribution < -0.4 is 5.01 Å². The highest BCUT2D eigenvalue weighted by atomic mass is 32.2. The molecule has 1 aliphatic rings. The number of ether oxygens (including phenoxy) is 1. The van der Waals surface area contributed by atoms with Crippen LogP contribution in [0, 0.1) is 10.7 Å². The molecule has 1 atom stereocenters. The minimum atomic E-state index is -0.671. The van der Waals surface area contributed by atoms with Crippen molar-refractivity contribution in [2.75, 3.05) is 11.6 Å². The first kappa shape index (κ1) is 12.5. The second-order valence-corrected chi connectivity index (χ2v) is 4.34. The predicted molar refractivity (Wildman–Crippen MR) is 70.0 cm³/mol. The first-order valence-electron chi connectivity index (χ1n) is 5.43. The third kappa shape index (κ3) is 2.31. The lowest BCUT2D eigenvalue weighted by atomic mass is 10.3. The molecule has 0 saturated heterocycles. The highest BCUT2D eigenvalue weighted by molar-refractivity contribution is 8.05. The number of para-hydroxylation sites is 1. The zero-order chi connectivity index (χ0) is 13.0. The topological polar surface area (TPSA) is 65.7 Å². The summed E-state index contributed by atoms with van der Waals surface area (Å²) in [5.74, 6) is 0.0362. The molecule has 0 radical (unpaired) electrons. The van der Waals surface area contributed by atoms with Gasteiger partial charge in [0.2, 0.25) is 5.90 Å². The highest BCUT2D eigenvalue weighted by Gasteiger charge is 2.38. The van der Waals surface area contributed by atoms with Crippen LogP contribution in [0.25, 0.3) is 0 Å². The second-order valence-electron chi connectivity index (χ2n) is 3.45. The van der Waals surface area contributed by atoms with E-state index in [9.17, 15) is 4.79 Å². The van der Waals surface area contributed by atoms with Gasteiger partial charge in [0.05, 0.1) is 12.3 Å². The summed E-state index contributed by atoms with van der Waals surface area (Å²) in [7, 11) is 0. The molecule has 0 fully saturated rings. The monoisotopic (exact) mass is 261 g/mol. The van der Waals surface area contributed by atoms with Crippen molar-refractivity contribution in [1.82, 2.24) is 0 Å². The predicted octanol–water partition coefficient (Wildman–Crippen LogP) is 1.97. The number of benzene rings is 1. The van der Waals surface area contributed by atoms with Crippen molar-refractivity contribution in [3.8, 4) is 5.40 Å². The van der Waals surface area contributed by atoms with Crippen LogP contribution in [0.4, 0.5) is 5.69 Å². The maximum atomic E-state index is 12.1. The Labute approximate surface area is 109 Å². The third-order valence-corrected chi connectivity index (χ3v) is 3.06. The van der Waals surface area contributed by atoms with E-state index in [1.165, 1.54) is 5.01 Å². The van der Waals surface area contributed by atoms with Gasteiger partial charge in [-0.25, -0.2) is 0 Å². The number of hydrazone groups is 1. The molecule has 0 spiro atoms. The normalized spacial score (nSPS) is 18.4. The number of rotatable bonds is 3. The molecule has 1 aliphatic heterocycles. The Hall–Kier alpha value is -2.00. The Morgan fingerprint density at radius 1 is 1.50 bits per heavy atom. The van der Waals surface area contributed by atoms with Gasteiger partial charge in [0.25, 0.3) is 5.91 Å². The van der Waals surface area contributed by atoms with Gasteiger partial charge in [0.15, 0.2) is 5.25 Å². The van der Waals surface area contributed by atoms with Crippen molar-refractivity contribution in [3.63, 3.8) is 0 Å². The number of carbonyl (C=O) groups is 1. The maximum absolute atomic E-state index is 12.1. The maximum Gasteiger partial charge on any atom is 0.271 e. The van der Waals surface area contributed by atoms with Crippen LogP contribution in [0.1, 0.15) is 6.92 Å². The van der Waals surface area contributed by atoms with E-state index < -0.39 is 5.25 Å². The molecule has 5 nitrogen and oxygen atoms in total. The second kappa shape index (κ2) is 5.56. The van der Waals surface area contributed by atoms with E-state index in [0.717, 1.165) is 11.8 Å². The number of nitriles is 1. The SMILES string of the molecule is CCOC1=NN(c2ccccc2)C(=O)C1SC#N. The Bertz CT molecular complexity index is 510. The molecule has 0 saturated carbocycles. The van der Waals surface area contributed by atoms with Gasteiger partial charge in [-0.05, 0) is 30.8 Å². The van der Waals surface area contributed by atoms with Crippen molar-refractivity contribution in [3.05, 3.63) is 30.3 Å². The van der Waals surface area contributed by atoms with Crippen molar-refractivity contribution < 1.29 is 9.53 Å². The van der Waals surface area contributed by atoms with Crippen LogP contribution in [0.15, 0.2) is 35.4 Å². The quantitative estimate of drug-likeness (QED) is 0.780. The fourth-order valence-corrected chi connectivity index (χ4v) is 2.10. The lowest BCUT2D eigenvalue weighted by Crippen LogP contribution is -2.30. The fourth-order valence-electron chi connectivity index (χ4n) is 1.58. The smallest absolute Gasteiger partial charge is 0.271 e. The molecule has 1 heterocycles. The van der Waals surface area contributed by atoms with Gasteiger partial charge >= 0.3 is 0 Å². The average molecular weight is 261 g/mol. The molecule has 0 aromatic heterocycles. The van der Waals surface area contributed by atoms with E-state index in [0.29, 0.717) is 12.3 Å². The minimum Gasteiger partial charge on any atom is -0.479 e. The van der Waals surface area contributed by atoms with Gasteiger partial charge in [-0.3, -0.25) is 4.79 Å². The molecule has 1 unspecified atom stereocenters. The molecule has 18 heavy (non-hydrogen) atoms. The molecule has 2 rings (SSSR count). The first-order chi connectivity index (χ1) is 8.77. The average Bonchev–Trinajstić information content (AvgIpc) is 2.70. The number of anilines is 1. The van der Waals surface area contributed by atoms with Crippen molar-refractivity contribution in [1.29, 1.82) is 5.26 Å². The number of thioether (sulfide) groups is 1. The summed E-state index contributed by atoms with van der Waals surface area (Å²) in [4.78, 5) is 12.1. The minimum absolute atomic E-state index is 0.254. The van der Waals surface area contributed by atoms with Crippen LogP contribution in [-0.4, -0.2) is 23.7 Å². The zero-order valence-corrected chi connectivity index (χ0v) is 10.6. The van der Waals surface area contributed by atoms with Crippen LogP contribution >= 0.6 is 11.8 Å². The zero-order valence-electron chi connectivity index (χ0n) is 9.74. The molecule has 6 heteroatoms. The Kier molecular flexibility index (Phi) is 3.85. The summed E-state index contributed by atoms with van der Waals surface area (Å²) < 4.78 is 5.31. The molecular weight excluding hydrogens is 250 g/mol. The molecule has 1 amide bonds. The molecule has 1 aromatic carbocycles. The summed E-state index contributed by atoms with van der Waals surface area (Å²) in [5.41, 5.74) is 0.667. The van der Waals surface area contributed by atoms with Crippen molar-refractivity contribution >= 4 is 29.3 Å². The van der Waals surface area contributed by atoms with Crippen LogP contribution in [0.3, 0.4) is 0 Å². The molecule has 0 N–H and O–H groups in total. The highest BCUT2D eigenvalue weighted by Crippen LogP contribution is 2.26. The van der Waals surface area contributed by atoms with E-state index in [1.54, 1.807) is 12.1 Å². The van der Waals surface area contributed by atoms with Gasteiger partial charge < -0.3 is 4.74 Å². The number of amides is 1. The largest absolute Gasteiger partial charge is 0.479 e. The van der Waals surface area contributed by atoms with E-state index in [1.807, 2.05) is 30.5 Å². The number of carbonyl (C=O) groups excluding carboxylic acids is 1. The number of nitrogens with zero attached hydrogens (tertiary/aromatic N) is 3. The Morgan fingerprint density at radius 3 is 2.83 bits per heavy atom. The van der Waals surface area contributed by atoms with E-state index in [2.05, 4.69) is 5.10 Å². The first-order valence-corrected chi connectivity index (χ1v) is 6.31.